The second-order valence-electron chi connectivity index (χ2n) is 6.79. The van der Waals surface area contributed by atoms with Crippen LogP contribution >= 0.6 is 11.6 Å². The third-order valence-electron chi connectivity index (χ3n) is 3.71. The van der Waals surface area contributed by atoms with Crippen LogP contribution in [-0.4, -0.2) is 31.8 Å². The molecule has 118 valence electrons. The Morgan fingerprint density at radius 3 is 2.81 bits per heavy atom. The topological polar surface area (TPSA) is 24.5 Å². The number of nitrogens with zero attached hydrogens (tertiary/aromatic N) is 1. The number of hydrogen-bond donors (Lipinski definition) is 1. The van der Waals surface area contributed by atoms with Crippen molar-refractivity contribution >= 4 is 17.3 Å². The van der Waals surface area contributed by atoms with Crippen LogP contribution in [0.5, 0.6) is 0 Å². The SMILES string of the molecule is CC(C)CNCc1c(Cl)cccc1N1CCOC(C)(C)C1. The van der Waals surface area contributed by atoms with E-state index >= 15 is 0 Å². The highest BCUT2D eigenvalue weighted by molar-refractivity contribution is 6.31. The first-order chi connectivity index (χ1) is 9.89. The van der Waals surface area contributed by atoms with Gasteiger partial charge in [0.1, 0.15) is 0 Å². The lowest BCUT2D eigenvalue weighted by Gasteiger charge is -2.40. The van der Waals surface area contributed by atoms with Crippen LogP contribution in [0, 0.1) is 5.92 Å². The van der Waals surface area contributed by atoms with Gasteiger partial charge in [-0.3, -0.25) is 0 Å². The third kappa shape index (κ3) is 4.60. The summed E-state index contributed by atoms with van der Waals surface area (Å²) in [5.74, 6) is 0.637. The van der Waals surface area contributed by atoms with Gasteiger partial charge in [-0.15, -0.1) is 0 Å². The van der Waals surface area contributed by atoms with Crippen molar-refractivity contribution in [3.63, 3.8) is 0 Å². The first-order valence-corrected chi connectivity index (χ1v) is 8.14. The second-order valence-corrected chi connectivity index (χ2v) is 7.20. The molecular formula is C17H27ClN2O. The minimum atomic E-state index is -0.108. The van der Waals surface area contributed by atoms with Crippen LogP contribution in [0.2, 0.25) is 5.02 Å². The zero-order valence-electron chi connectivity index (χ0n) is 13.6. The molecule has 1 aliphatic rings. The Kier molecular flexibility index (Phi) is 5.53. The summed E-state index contributed by atoms with van der Waals surface area (Å²) < 4.78 is 5.81. The van der Waals surface area contributed by atoms with Crippen molar-refractivity contribution in [2.75, 3.05) is 31.1 Å². The Balaban J connectivity index is 2.16. The first kappa shape index (κ1) is 16.6. The molecule has 0 aliphatic carbocycles. The fourth-order valence-corrected chi connectivity index (χ4v) is 2.96. The van der Waals surface area contributed by atoms with E-state index in [4.69, 9.17) is 16.3 Å². The minimum absolute atomic E-state index is 0.108. The van der Waals surface area contributed by atoms with Crippen molar-refractivity contribution in [2.45, 2.75) is 39.8 Å². The summed E-state index contributed by atoms with van der Waals surface area (Å²) >= 11 is 6.44. The normalized spacial score (nSPS) is 18.3. The van der Waals surface area contributed by atoms with Crippen molar-refractivity contribution in [2.24, 2.45) is 5.92 Å². The molecule has 1 aromatic rings. The lowest BCUT2D eigenvalue weighted by molar-refractivity contribution is -0.0277. The maximum Gasteiger partial charge on any atom is 0.0801 e. The molecule has 1 aliphatic heterocycles. The molecule has 1 saturated heterocycles. The highest BCUT2D eigenvalue weighted by atomic mass is 35.5. The quantitative estimate of drug-likeness (QED) is 0.897. The number of halogens is 1. The fourth-order valence-electron chi connectivity index (χ4n) is 2.73. The number of morpholine rings is 1. The largest absolute Gasteiger partial charge is 0.372 e. The lowest BCUT2D eigenvalue weighted by Crippen LogP contribution is -2.48. The van der Waals surface area contributed by atoms with Crippen LogP contribution in [0.15, 0.2) is 18.2 Å². The third-order valence-corrected chi connectivity index (χ3v) is 4.07. The van der Waals surface area contributed by atoms with E-state index < -0.39 is 0 Å². The average molecular weight is 311 g/mol. The fraction of sp³-hybridized carbons (Fsp3) is 0.647. The molecule has 0 atom stereocenters. The number of ether oxygens (including phenoxy) is 1. The zero-order chi connectivity index (χ0) is 15.5. The van der Waals surface area contributed by atoms with E-state index in [1.165, 1.54) is 11.3 Å². The monoisotopic (exact) mass is 310 g/mol. The molecule has 21 heavy (non-hydrogen) atoms. The Bertz CT molecular complexity index is 474. The summed E-state index contributed by atoms with van der Waals surface area (Å²) in [5, 5.41) is 4.34. The van der Waals surface area contributed by atoms with E-state index in [1.54, 1.807) is 0 Å². The highest BCUT2D eigenvalue weighted by Crippen LogP contribution is 2.30. The van der Waals surface area contributed by atoms with Crippen molar-refractivity contribution in [1.82, 2.24) is 5.32 Å². The Morgan fingerprint density at radius 2 is 2.14 bits per heavy atom. The van der Waals surface area contributed by atoms with Crippen LogP contribution < -0.4 is 10.2 Å². The standard InChI is InChI=1S/C17H27ClN2O/c1-13(2)10-19-11-14-15(18)6-5-7-16(14)20-8-9-21-17(3,4)12-20/h5-7,13,19H,8-12H2,1-4H3. The number of benzene rings is 1. The molecular weight excluding hydrogens is 284 g/mol. The molecule has 0 radical (unpaired) electrons. The number of anilines is 1. The molecule has 0 spiro atoms. The molecule has 0 unspecified atom stereocenters. The van der Waals surface area contributed by atoms with Crippen LogP contribution in [-0.2, 0) is 11.3 Å². The molecule has 4 heteroatoms. The highest BCUT2D eigenvalue weighted by Gasteiger charge is 2.28. The van der Waals surface area contributed by atoms with Crippen molar-refractivity contribution in [3.8, 4) is 0 Å². The summed E-state index contributed by atoms with van der Waals surface area (Å²) in [6, 6.07) is 6.18. The first-order valence-electron chi connectivity index (χ1n) is 7.76. The Hall–Kier alpha value is -0.770. The van der Waals surface area contributed by atoms with Crippen molar-refractivity contribution in [1.29, 1.82) is 0 Å². The maximum absolute atomic E-state index is 6.44. The van der Waals surface area contributed by atoms with Gasteiger partial charge in [0, 0.05) is 35.9 Å². The van der Waals surface area contributed by atoms with Gasteiger partial charge in [-0.1, -0.05) is 31.5 Å². The second kappa shape index (κ2) is 6.99. The van der Waals surface area contributed by atoms with E-state index in [0.717, 1.165) is 37.8 Å². The van der Waals surface area contributed by atoms with Crippen molar-refractivity contribution < 1.29 is 4.74 Å². The van der Waals surface area contributed by atoms with Gasteiger partial charge < -0.3 is 15.0 Å². The van der Waals surface area contributed by atoms with E-state index in [9.17, 15) is 0 Å². The van der Waals surface area contributed by atoms with Gasteiger partial charge in [0.05, 0.1) is 12.2 Å². The van der Waals surface area contributed by atoms with E-state index in [-0.39, 0.29) is 5.60 Å². The Labute approximate surface area is 133 Å². The van der Waals surface area contributed by atoms with Crippen LogP contribution in [0.25, 0.3) is 0 Å². The molecule has 1 aromatic carbocycles. The predicted molar refractivity (Wildman–Crippen MR) is 90.2 cm³/mol. The van der Waals surface area contributed by atoms with Gasteiger partial charge in [-0.05, 0) is 38.4 Å². The minimum Gasteiger partial charge on any atom is -0.372 e. The average Bonchev–Trinajstić information content (AvgIpc) is 2.39. The molecule has 1 N–H and O–H groups in total. The molecule has 3 nitrogen and oxygen atoms in total. The van der Waals surface area contributed by atoms with E-state index in [1.807, 2.05) is 12.1 Å². The van der Waals surface area contributed by atoms with Crippen LogP contribution in [0.3, 0.4) is 0 Å². The van der Waals surface area contributed by atoms with Gasteiger partial charge in [0.15, 0.2) is 0 Å². The predicted octanol–water partition coefficient (Wildman–Crippen LogP) is 3.70. The maximum atomic E-state index is 6.44. The number of rotatable bonds is 5. The Morgan fingerprint density at radius 1 is 1.38 bits per heavy atom. The molecule has 0 bridgehead atoms. The van der Waals surface area contributed by atoms with Gasteiger partial charge in [0.25, 0.3) is 0 Å². The molecule has 1 heterocycles. The molecule has 1 fully saturated rings. The molecule has 0 amide bonds. The molecule has 0 saturated carbocycles. The van der Waals surface area contributed by atoms with Gasteiger partial charge in [-0.2, -0.15) is 0 Å². The smallest absolute Gasteiger partial charge is 0.0801 e. The zero-order valence-corrected chi connectivity index (χ0v) is 14.3. The van der Waals surface area contributed by atoms with Gasteiger partial charge >= 0.3 is 0 Å². The van der Waals surface area contributed by atoms with Crippen LogP contribution in [0.1, 0.15) is 33.3 Å². The van der Waals surface area contributed by atoms with Crippen LogP contribution in [0.4, 0.5) is 5.69 Å². The van der Waals surface area contributed by atoms with Crippen molar-refractivity contribution in [3.05, 3.63) is 28.8 Å². The lowest BCUT2D eigenvalue weighted by atomic mass is 10.0. The summed E-state index contributed by atoms with van der Waals surface area (Å²) in [5.41, 5.74) is 2.32. The number of hydrogen-bond acceptors (Lipinski definition) is 3. The molecule has 0 aromatic heterocycles. The number of nitrogens with one attached hydrogen (secondary N) is 1. The molecule has 2 rings (SSSR count). The van der Waals surface area contributed by atoms with Gasteiger partial charge in [0.2, 0.25) is 0 Å². The summed E-state index contributed by atoms with van der Waals surface area (Å²) in [7, 11) is 0. The summed E-state index contributed by atoms with van der Waals surface area (Å²) in [6.45, 7) is 13.1. The van der Waals surface area contributed by atoms with E-state index in [2.05, 4.69) is 44.0 Å². The summed E-state index contributed by atoms with van der Waals surface area (Å²) in [4.78, 5) is 2.39. The van der Waals surface area contributed by atoms with Gasteiger partial charge in [-0.25, -0.2) is 0 Å². The summed E-state index contributed by atoms with van der Waals surface area (Å²) in [6.07, 6.45) is 0. The van der Waals surface area contributed by atoms with E-state index in [0.29, 0.717) is 5.92 Å².